The molecule has 4 aromatic rings. The van der Waals surface area contributed by atoms with Crippen molar-refractivity contribution in [3.05, 3.63) is 49.1 Å². The number of benzene rings is 2. The zero-order valence-electron chi connectivity index (χ0n) is 21.8. The summed E-state index contributed by atoms with van der Waals surface area (Å²) in [5.41, 5.74) is 6.08. The predicted molar refractivity (Wildman–Crippen MR) is 144 cm³/mol. The lowest BCUT2D eigenvalue weighted by Gasteiger charge is -2.20. The van der Waals surface area contributed by atoms with E-state index in [0.29, 0.717) is 16.5 Å². The smallest absolute Gasteiger partial charge is 0.497 e. The fraction of sp³-hybridized carbons (Fsp3) is 0.286. The number of aliphatic hydroxyl groups is 2. The summed E-state index contributed by atoms with van der Waals surface area (Å²) in [7, 11) is -15.3. The van der Waals surface area contributed by atoms with Crippen LogP contribution >= 0.6 is 23.5 Å². The molecule has 1 aliphatic heterocycles. The molecule has 7 N–H and O–H groups in total. The maximum atomic E-state index is 12.5. The summed E-state index contributed by atoms with van der Waals surface area (Å²) in [4.78, 5) is 41.8. The van der Waals surface area contributed by atoms with Gasteiger partial charge in [-0.1, -0.05) is 12.1 Å². The number of rotatable bonds is 11. The van der Waals surface area contributed by atoms with Crippen LogP contribution in [0.5, 0.6) is 11.5 Å². The Balaban J connectivity index is 1.22. The summed E-state index contributed by atoms with van der Waals surface area (Å²) in [6.45, 7) is -0.959. The number of phosphoric acid groups is 3. The van der Waals surface area contributed by atoms with Gasteiger partial charge in [0, 0.05) is 5.39 Å². The Morgan fingerprint density at radius 1 is 0.977 bits per heavy atom. The summed E-state index contributed by atoms with van der Waals surface area (Å²) >= 11 is 0. The summed E-state index contributed by atoms with van der Waals surface area (Å²) in [5.74, 6) is 0.298. The highest BCUT2D eigenvalue weighted by Gasteiger charge is 2.47. The Labute approximate surface area is 241 Å². The van der Waals surface area contributed by atoms with E-state index in [9.17, 15) is 38.6 Å². The number of imidazole rings is 1. The van der Waals surface area contributed by atoms with E-state index in [1.165, 1.54) is 42.3 Å². The number of fused-ring (bicyclic) bond motifs is 2. The highest BCUT2D eigenvalue weighted by Crippen LogP contribution is 2.67. The van der Waals surface area contributed by atoms with Gasteiger partial charge in [0.15, 0.2) is 17.7 Å². The second-order valence-electron chi connectivity index (χ2n) is 8.93. The molecule has 5 rings (SSSR count). The number of nitrogens with two attached hydrogens (primary N) is 1. The maximum absolute atomic E-state index is 12.5. The van der Waals surface area contributed by atoms with Gasteiger partial charge in [-0.15, -0.1) is 0 Å². The van der Waals surface area contributed by atoms with Crippen LogP contribution in [0.25, 0.3) is 21.9 Å². The molecule has 1 fully saturated rings. The molecule has 0 saturated carbocycles. The average molecular weight is 663 g/mol. The van der Waals surface area contributed by atoms with Gasteiger partial charge in [0.25, 0.3) is 0 Å². The lowest BCUT2D eigenvalue weighted by molar-refractivity contribution is -0.0503. The number of nitrogens with zero attached hydrogens (tertiary/aromatic N) is 4. The number of phosphoric ester groups is 2. The Hall–Kier alpha value is -3.02. The minimum absolute atomic E-state index is 0.0429. The third kappa shape index (κ3) is 6.89. The largest absolute Gasteiger partial charge is 0.536 e. The third-order valence-corrected chi connectivity index (χ3v) is 10.3. The molecule has 0 bridgehead atoms. The summed E-state index contributed by atoms with van der Waals surface area (Å²) in [5, 5.41) is 21.7. The van der Waals surface area contributed by atoms with Gasteiger partial charge in [-0.05, 0) is 29.7 Å². The summed E-state index contributed by atoms with van der Waals surface area (Å²) < 4.78 is 67.0. The third-order valence-electron chi connectivity index (χ3n) is 6.07. The first-order valence-corrected chi connectivity index (χ1v) is 16.4. The molecule has 3 unspecified atom stereocenters. The van der Waals surface area contributed by atoms with E-state index in [1.54, 1.807) is 12.1 Å². The molecule has 2 aromatic heterocycles. The SMILES string of the molecule is COc1ccc2c(OP(=O)(O)OP(=O)(O)OP(=O)(O)OC[C@H]3O[C@@H](n4cnc5c(N)ncnc54)[C@H](O)[C@@H]3O)cccc2c1. The molecule has 232 valence electrons. The first-order valence-electron chi connectivity index (χ1n) is 12.0. The molecule has 7 atom stereocenters. The van der Waals surface area contributed by atoms with E-state index < -0.39 is 54.6 Å². The van der Waals surface area contributed by atoms with Gasteiger partial charge in [0.05, 0.1) is 20.0 Å². The summed E-state index contributed by atoms with van der Waals surface area (Å²) in [6.07, 6.45) is -3.73. The molecule has 0 aliphatic carbocycles. The van der Waals surface area contributed by atoms with Crippen LogP contribution in [-0.2, 0) is 31.6 Å². The molecule has 3 heterocycles. The van der Waals surface area contributed by atoms with Gasteiger partial charge in [-0.25, -0.2) is 28.6 Å². The fourth-order valence-corrected chi connectivity index (χ4v) is 7.74. The highest BCUT2D eigenvalue weighted by molar-refractivity contribution is 7.67. The van der Waals surface area contributed by atoms with Gasteiger partial charge in [0.1, 0.15) is 41.7 Å². The van der Waals surface area contributed by atoms with Gasteiger partial charge in [-0.3, -0.25) is 14.0 Å². The van der Waals surface area contributed by atoms with Crippen LogP contribution in [0, 0.1) is 0 Å². The zero-order valence-corrected chi connectivity index (χ0v) is 24.4. The number of methoxy groups -OCH3 is 1. The van der Waals surface area contributed by atoms with Crippen LogP contribution < -0.4 is 15.0 Å². The molecular formula is C21H24N5O14P3. The minimum atomic E-state index is -5.81. The number of aliphatic hydroxyl groups excluding tert-OH is 2. The lowest BCUT2D eigenvalue weighted by atomic mass is 10.1. The topological polar surface area (TPSA) is 277 Å². The van der Waals surface area contributed by atoms with Crippen molar-refractivity contribution < 1.29 is 65.7 Å². The minimum Gasteiger partial charge on any atom is -0.497 e. The van der Waals surface area contributed by atoms with Crippen molar-refractivity contribution in [2.24, 2.45) is 0 Å². The summed E-state index contributed by atoms with van der Waals surface area (Å²) in [6, 6.07) is 8.99. The molecule has 43 heavy (non-hydrogen) atoms. The van der Waals surface area contributed by atoms with Crippen molar-refractivity contribution in [3.63, 3.8) is 0 Å². The van der Waals surface area contributed by atoms with Crippen molar-refractivity contribution in [2.45, 2.75) is 24.5 Å². The molecular weight excluding hydrogens is 639 g/mol. The molecule has 0 spiro atoms. The predicted octanol–water partition coefficient (Wildman–Crippen LogP) is 1.62. The Kier molecular flexibility index (Phi) is 8.63. The Morgan fingerprint density at radius 2 is 1.72 bits per heavy atom. The fourth-order valence-electron chi connectivity index (χ4n) is 4.20. The first kappa shape index (κ1) is 31.4. The molecule has 1 saturated heterocycles. The molecule has 0 amide bonds. The number of hydrogen-bond donors (Lipinski definition) is 6. The van der Waals surface area contributed by atoms with Crippen molar-refractivity contribution in [1.29, 1.82) is 0 Å². The van der Waals surface area contributed by atoms with Crippen molar-refractivity contribution in [1.82, 2.24) is 19.5 Å². The van der Waals surface area contributed by atoms with E-state index in [0.717, 1.165) is 6.33 Å². The van der Waals surface area contributed by atoms with Crippen LogP contribution in [0.2, 0.25) is 0 Å². The van der Waals surface area contributed by atoms with E-state index >= 15 is 0 Å². The molecule has 1 aliphatic rings. The normalized spacial score (nSPS) is 24.8. The monoisotopic (exact) mass is 663 g/mol. The average Bonchev–Trinajstić information content (AvgIpc) is 3.47. The second-order valence-corrected chi connectivity index (χ2v) is 13.5. The van der Waals surface area contributed by atoms with Crippen LogP contribution in [0.4, 0.5) is 5.82 Å². The van der Waals surface area contributed by atoms with Gasteiger partial charge >= 0.3 is 23.5 Å². The second kappa shape index (κ2) is 11.8. The van der Waals surface area contributed by atoms with E-state index in [2.05, 4.69) is 28.1 Å². The number of anilines is 1. The van der Waals surface area contributed by atoms with Crippen LogP contribution in [0.15, 0.2) is 49.1 Å². The van der Waals surface area contributed by atoms with E-state index in [-0.39, 0.29) is 22.7 Å². The Morgan fingerprint density at radius 3 is 2.47 bits per heavy atom. The van der Waals surface area contributed by atoms with Crippen molar-refractivity contribution in [2.75, 3.05) is 19.5 Å². The van der Waals surface area contributed by atoms with Gasteiger partial charge in [-0.2, -0.15) is 8.62 Å². The van der Waals surface area contributed by atoms with Crippen LogP contribution in [0.3, 0.4) is 0 Å². The van der Waals surface area contributed by atoms with Crippen molar-refractivity contribution >= 4 is 51.2 Å². The van der Waals surface area contributed by atoms with Gasteiger partial charge < -0.3 is 39.7 Å². The maximum Gasteiger partial charge on any atom is 0.536 e. The van der Waals surface area contributed by atoms with E-state index in [4.69, 9.17) is 19.7 Å². The highest BCUT2D eigenvalue weighted by atomic mass is 31.3. The molecule has 0 radical (unpaired) electrons. The number of aromatic nitrogens is 4. The lowest BCUT2D eigenvalue weighted by Crippen LogP contribution is -2.33. The van der Waals surface area contributed by atoms with Crippen LogP contribution in [-0.4, -0.2) is 76.4 Å². The van der Waals surface area contributed by atoms with Gasteiger partial charge in [0.2, 0.25) is 0 Å². The molecule has 22 heteroatoms. The first-order chi connectivity index (χ1) is 20.2. The standard InChI is InChI=1S/C21H24N5O14P3/c1-35-12-5-6-13-11(7-12)3-2-4-14(13)38-42(31,32)40-43(33,34)39-41(29,30)36-8-15-17(27)18(28)21(37-15)26-10-25-16-19(22)23-9-24-20(16)26/h2-7,9-10,15,17-18,21,27-28H,8H2,1H3,(H,29,30)(H,31,32)(H,33,34)(H2,22,23,24)/t15-,17-,18-,21-/m1/s1. The zero-order chi connectivity index (χ0) is 31.2. The number of nitrogen functional groups attached to an aromatic ring is 1. The Bertz CT molecular complexity index is 1810. The van der Waals surface area contributed by atoms with Crippen LogP contribution in [0.1, 0.15) is 6.23 Å². The quantitative estimate of drug-likeness (QED) is 0.124. The molecule has 2 aromatic carbocycles. The number of ether oxygens (including phenoxy) is 2. The molecule has 19 nitrogen and oxygen atoms in total. The number of hydrogen-bond acceptors (Lipinski definition) is 15. The van der Waals surface area contributed by atoms with E-state index in [1.807, 2.05) is 0 Å². The van der Waals surface area contributed by atoms with Crippen molar-refractivity contribution in [3.8, 4) is 11.5 Å².